The van der Waals surface area contributed by atoms with Crippen LogP contribution in [-0.4, -0.2) is 0 Å². The predicted molar refractivity (Wildman–Crippen MR) is 70.1 cm³/mol. The number of nitrogens with two attached hydrogens (primary N) is 1. The highest BCUT2D eigenvalue weighted by molar-refractivity contribution is 5.73. The highest BCUT2D eigenvalue weighted by Gasteiger charge is 1.99. The number of aryl methyl sites for hydroxylation is 2. The van der Waals surface area contributed by atoms with Crippen molar-refractivity contribution < 1.29 is 0 Å². The Kier molecular flexibility index (Phi) is 2.82. The van der Waals surface area contributed by atoms with Gasteiger partial charge < -0.3 is 11.1 Å². The first-order valence-corrected chi connectivity index (χ1v) is 5.35. The topological polar surface area (TPSA) is 38.0 Å². The highest BCUT2D eigenvalue weighted by atomic mass is 14.9. The quantitative estimate of drug-likeness (QED) is 0.746. The van der Waals surface area contributed by atoms with E-state index in [1.54, 1.807) is 0 Å². The molecule has 0 radical (unpaired) electrons. The minimum absolute atomic E-state index is 0.779. The van der Waals surface area contributed by atoms with E-state index in [1.165, 1.54) is 11.1 Å². The van der Waals surface area contributed by atoms with Gasteiger partial charge in [0.1, 0.15) is 0 Å². The molecule has 2 nitrogen and oxygen atoms in total. The van der Waals surface area contributed by atoms with Crippen LogP contribution in [0.1, 0.15) is 11.1 Å². The van der Waals surface area contributed by atoms with Crippen LogP contribution in [-0.2, 0) is 0 Å². The molecular weight excluding hydrogens is 196 g/mol. The van der Waals surface area contributed by atoms with Crippen molar-refractivity contribution in [3.8, 4) is 0 Å². The van der Waals surface area contributed by atoms with Gasteiger partial charge in [-0.15, -0.1) is 0 Å². The Bertz CT molecular complexity index is 504. The summed E-state index contributed by atoms with van der Waals surface area (Å²) in [6.07, 6.45) is 0. The van der Waals surface area contributed by atoms with Crippen LogP contribution in [0.15, 0.2) is 42.5 Å². The molecule has 0 saturated carbocycles. The second-order valence-electron chi connectivity index (χ2n) is 4.09. The number of hydrogen-bond acceptors (Lipinski definition) is 2. The van der Waals surface area contributed by atoms with Crippen LogP contribution in [0.2, 0.25) is 0 Å². The summed E-state index contributed by atoms with van der Waals surface area (Å²) in [5.41, 5.74) is 11.1. The summed E-state index contributed by atoms with van der Waals surface area (Å²) in [7, 11) is 0. The monoisotopic (exact) mass is 212 g/mol. The molecule has 82 valence electrons. The summed E-state index contributed by atoms with van der Waals surface area (Å²) < 4.78 is 0. The van der Waals surface area contributed by atoms with Crippen LogP contribution in [0.5, 0.6) is 0 Å². The SMILES string of the molecule is Cc1cccc(Nc2ccc(C)cc2N)c1. The van der Waals surface area contributed by atoms with Gasteiger partial charge in [0.15, 0.2) is 0 Å². The molecule has 0 aromatic heterocycles. The number of benzene rings is 2. The van der Waals surface area contributed by atoms with E-state index in [0.717, 1.165) is 17.1 Å². The normalized spacial score (nSPS) is 10.1. The van der Waals surface area contributed by atoms with Crippen molar-refractivity contribution in [1.82, 2.24) is 0 Å². The van der Waals surface area contributed by atoms with E-state index in [4.69, 9.17) is 5.73 Å². The van der Waals surface area contributed by atoms with Crippen LogP contribution in [0.4, 0.5) is 17.1 Å². The molecule has 2 aromatic carbocycles. The van der Waals surface area contributed by atoms with E-state index in [0.29, 0.717) is 0 Å². The minimum Gasteiger partial charge on any atom is -0.397 e. The lowest BCUT2D eigenvalue weighted by Crippen LogP contribution is -1.96. The number of nitrogen functional groups attached to an aromatic ring is 1. The number of rotatable bonds is 2. The van der Waals surface area contributed by atoms with Crippen LogP contribution in [0.3, 0.4) is 0 Å². The molecule has 0 atom stereocenters. The lowest BCUT2D eigenvalue weighted by Gasteiger charge is -2.10. The summed E-state index contributed by atoms with van der Waals surface area (Å²) in [6.45, 7) is 4.11. The van der Waals surface area contributed by atoms with Crippen LogP contribution < -0.4 is 11.1 Å². The van der Waals surface area contributed by atoms with E-state index in [2.05, 4.69) is 30.4 Å². The molecule has 0 fully saturated rings. The van der Waals surface area contributed by atoms with Crippen LogP contribution in [0, 0.1) is 13.8 Å². The van der Waals surface area contributed by atoms with E-state index in [-0.39, 0.29) is 0 Å². The van der Waals surface area contributed by atoms with Gasteiger partial charge in [-0.3, -0.25) is 0 Å². The third kappa shape index (κ3) is 2.34. The lowest BCUT2D eigenvalue weighted by molar-refractivity contribution is 1.43. The minimum atomic E-state index is 0.779. The third-order valence-electron chi connectivity index (χ3n) is 2.50. The molecule has 2 heteroatoms. The van der Waals surface area contributed by atoms with Gasteiger partial charge in [0.05, 0.1) is 11.4 Å². The first kappa shape index (κ1) is 10.6. The zero-order valence-corrected chi connectivity index (χ0v) is 9.62. The highest BCUT2D eigenvalue weighted by Crippen LogP contribution is 2.24. The molecule has 0 aliphatic rings. The maximum atomic E-state index is 5.94. The molecule has 0 heterocycles. The second-order valence-corrected chi connectivity index (χ2v) is 4.09. The van der Waals surface area contributed by atoms with Gasteiger partial charge in [-0.25, -0.2) is 0 Å². The Morgan fingerprint density at radius 2 is 1.69 bits per heavy atom. The number of hydrogen-bond donors (Lipinski definition) is 2. The molecule has 0 amide bonds. The van der Waals surface area contributed by atoms with Crippen molar-refractivity contribution in [1.29, 1.82) is 0 Å². The first-order valence-electron chi connectivity index (χ1n) is 5.35. The standard InChI is InChI=1S/C14H16N2/c1-10-4-3-5-12(8-10)16-14-7-6-11(2)9-13(14)15/h3-9,16H,15H2,1-2H3. The number of anilines is 3. The second kappa shape index (κ2) is 4.27. The molecule has 2 aromatic rings. The Morgan fingerprint density at radius 1 is 0.938 bits per heavy atom. The Hall–Kier alpha value is -1.96. The molecule has 0 saturated heterocycles. The van der Waals surface area contributed by atoms with Crippen molar-refractivity contribution in [3.05, 3.63) is 53.6 Å². The average molecular weight is 212 g/mol. The average Bonchev–Trinajstić information content (AvgIpc) is 2.22. The smallest absolute Gasteiger partial charge is 0.0618 e. The van der Waals surface area contributed by atoms with Crippen molar-refractivity contribution in [2.75, 3.05) is 11.1 Å². The van der Waals surface area contributed by atoms with Gasteiger partial charge in [-0.05, 0) is 49.2 Å². The molecule has 2 rings (SSSR count). The molecule has 0 aliphatic carbocycles. The van der Waals surface area contributed by atoms with Gasteiger partial charge >= 0.3 is 0 Å². The fraction of sp³-hybridized carbons (Fsp3) is 0.143. The van der Waals surface area contributed by atoms with Gasteiger partial charge in [0, 0.05) is 5.69 Å². The summed E-state index contributed by atoms with van der Waals surface area (Å²) in [5, 5.41) is 3.32. The summed E-state index contributed by atoms with van der Waals surface area (Å²) >= 11 is 0. The van der Waals surface area contributed by atoms with Gasteiger partial charge in [-0.1, -0.05) is 18.2 Å². The summed E-state index contributed by atoms with van der Waals surface area (Å²) in [4.78, 5) is 0. The van der Waals surface area contributed by atoms with Crippen molar-refractivity contribution in [2.45, 2.75) is 13.8 Å². The zero-order chi connectivity index (χ0) is 11.5. The summed E-state index contributed by atoms with van der Waals surface area (Å²) in [5.74, 6) is 0. The van der Waals surface area contributed by atoms with Crippen molar-refractivity contribution in [2.24, 2.45) is 0 Å². The molecular formula is C14H16N2. The first-order chi connectivity index (χ1) is 7.65. The molecule has 16 heavy (non-hydrogen) atoms. The van der Waals surface area contributed by atoms with Crippen LogP contribution >= 0.6 is 0 Å². The largest absolute Gasteiger partial charge is 0.397 e. The summed E-state index contributed by atoms with van der Waals surface area (Å²) in [6, 6.07) is 14.3. The van der Waals surface area contributed by atoms with E-state index in [1.807, 2.05) is 31.2 Å². The van der Waals surface area contributed by atoms with Gasteiger partial charge in [0.2, 0.25) is 0 Å². The van der Waals surface area contributed by atoms with Gasteiger partial charge in [-0.2, -0.15) is 0 Å². The maximum Gasteiger partial charge on any atom is 0.0618 e. The van der Waals surface area contributed by atoms with E-state index in [9.17, 15) is 0 Å². The van der Waals surface area contributed by atoms with Crippen molar-refractivity contribution in [3.63, 3.8) is 0 Å². The fourth-order valence-electron chi connectivity index (χ4n) is 1.67. The van der Waals surface area contributed by atoms with Crippen LogP contribution in [0.25, 0.3) is 0 Å². The lowest BCUT2D eigenvalue weighted by atomic mass is 10.1. The van der Waals surface area contributed by atoms with E-state index >= 15 is 0 Å². The number of nitrogens with one attached hydrogen (secondary N) is 1. The Labute approximate surface area is 96.1 Å². The third-order valence-corrected chi connectivity index (χ3v) is 2.50. The molecule has 0 unspecified atom stereocenters. The molecule has 3 N–H and O–H groups in total. The molecule has 0 aliphatic heterocycles. The zero-order valence-electron chi connectivity index (χ0n) is 9.62. The maximum absolute atomic E-state index is 5.94. The molecule has 0 spiro atoms. The van der Waals surface area contributed by atoms with Crippen molar-refractivity contribution >= 4 is 17.1 Å². The Morgan fingerprint density at radius 3 is 2.38 bits per heavy atom. The van der Waals surface area contributed by atoms with E-state index < -0.39 is 0 Å². The predicted octanol–water partition coefficient (Wildman–Crippen LogP) is 3.63. The van der Waals surface area contributed by atoms with Gasteiger partial charge in [0.25, 0.3) is 0 Å². The Balaban J connectivity index is 2.27. The molecule has 0 bridgehead atoms. The fourth-order valence-corrected chi connectivity index (χ4v) is 1.67.